The van der Waals surface area contributed by atoms with Crippen molar-refractivity contribution in [1.82, 2.24) is 4.72 Å². The lowest BCUT2D eigenvalue weighted by molar-refractivity contribution is 0.563. The Morgan fingerprint density at radius 1 is 1.41 bits per heavy atom. The minimum absolute atomic E-state index is 0. The molecule has 0 aromatic heterocycles. The second-order valence-electron chi connectivity index (χ2n) is 3.33. The van der Waals surface area contributed by atoms with Crippen LogP contribution in [0.3, 0.4) is 0 Å². The molecule has 0 saturated carbocycles. The standard InChI is InChI=1S/C9H12Cl2N2O2S.ClH/c1-6(5-12)13-16(14,15)9-4-7(10)2-3-8(9)11;/h2-4,6,13H,5,12H2,1H3;1H/t6-;/m1./s1. The predicted octanol–water partition coefficient (Wildman–Crippen LogP) is 2.04. The molecule has 0 aliphatic carbocycles. The Hall–Kier alpha value is -0.0400. The molecule has 0 saturated heterocycles. The maximum Gasteiger partial charge on any atom is 0.242 e. The van der Waals surface area contributed by atoms with Crippen molar-refractivity contribution < 1.29 is 8.42 Å². The number of rotatable bonds is 4. The highest BCUT2D eigenvalue weighted by molar-refractivity contribution is 7.89. The van der Waals surface area contributed by atoms with Gasteiger partial charge in [0.05, 0.1) is 5.02 Å². The molecule has 98 valence electrons. The van der Waals surface area contributed by atoms with Gasteiger partial charge in [0, 0.05) is 17.6 Å². The molecule has 0 amide bonds. The van der Waals surface area contributed by atoms with E-state index in [1.165, 1.54) is 18.2 Å². The van der Waals surface area contributed by atoms with Crippen LogP contribution in [0.15, 0.2) is 23.1 Å². The maximum atomic E-state index is 11.9. The molecular weight excluding hydrogens is 307 g/mol. The molecule has 1 aromatic rings. The van der Waals surface area contributed by atoms with Crippen LogP contribution < -0.4 is 10.5 Å². The van der Waals surface area contributed by atoms with E-state index in [1.54, 1.807) is 6.92 Å². The Kier molecular flexibility index (Phi) is 6.76. The van der Waals surface area contributed by atoms with Gasteiger partial charge >= 0.3 is 0 Å². The van der Waals surface area contributed by atoms with Crippen LogP contribution in [0.5, 0.6) is 0 Å². The lowest BCUT2D eigenvalue weighted by atomic mass is 10.4. The number of sulfonamides is 1. The summed E-state index contributed by atoms with van der Waals surface area (Å²) in [6, 6.07) is 3.90. The Morgan fingerprint density at radius 2 is 2.00 bits per heavy atom. The molecule has 1 aromatic carbocycles. The van der Waals surface area contributed by atoms with E-state index in [4.69, 9.17) is 28.9 Å². The monoisotopic (exact) mass is 318 g/mol. The van der Waals surface area contributed by atoms with Crippen molar-refractivity contribution >= 4 is 45.6 Å². The smallest absolute Gasteiger partial charge is 0.242 e. The Bertz CT molecular complexity index is 479. The van der Waals surface area contributed by atoms with Gasteiger partial charge in [-0.3, -0.25) is 0 Å². The highest BCUT2D eigenvalue weighted by atomic mass is 35.5. The number of benzene rings is 1. The summed E-state index contributed by atoms with van der Waals surface area (Å²) < 4.78 is 26.1. The van der Waals surface area contributed by atoms with E-state index >= 15 is 0 Å². The summed E-state index contributed by atoms with van der Waals surface area (Å²) in [5.74, 6) is 0. The molecule has 1 rings (SSSR count). The van der Waals surface area contributed by atoms with Gasteiger partial charge in [0.2, 0.25) is 10.0 Å². The second-order valence-corrected chi connectivity index (χ2v) is 5.86. The van der Waals surface area contributed by atoms with Gasteiger partial charge in [-0.05, 0) is 25.1 Å². The van der Waals surface area contributed by atoms with E-state index in [-0.39, 0.29) is 34.9 Å². The predicted molar refractivity (Wildman–Crippen MR) is 72.5 cm³/mol. The van der Waals surface area contributed by atoms with Gasteiger partial charge in [0.1, 0.15) is 4.90 Å². The number of hydrogen-bond acceptors (Lipinski definition) is 3. The van der Waals surface area contributed by atoms with Gasteiger partial charge in [-0.2, -0.15) is 0 Å². The van der Waals surface area contributed by atoms with E-state index in [0.29, 0.717) is 5.02 Å². The van der Waals surface area contributed by atoms with Crippen molar-refractivity contribution in [2.24, 2.45) is 5.73 Å². The number of nitrogens with two attached hydrogens (primary N) is 1. The molecular formula is C9H13Cl3N2O2S. The third kappa shape index (κ3) is 4.62. The normalized spacial score (nSPS) is 12.9. The summed E-state index contributed by atoms with van der Waals surface area (Å²) in [7, 11) is -3.67. The van der Waals surface area contributed by atoms with Crippen LogP contribution >= 0.6 is 35.6 Å². The Balaban J connectivity index is 0.00000256. The summed E-state index contributed by atoms with van der Waals surface area (Å²) >= 11 is 11.5. The van der Waals surface area contributed by atoms with Gasteiger partial charge in [-0.15, -0.1) is 12.4 Å². The fourth-order valence-electron chi connectivity index (χ4n) is 1.06. The van der Waals surface area contributed by atoms with Crippen molar-refractivity contribution in [2.45, 2.75) is 17.9 Å². The van der Waals surface area contributed by atoms with Crippen LogP contribution in [0.2, 0.25) is 10.0 Å². The van der Waals surface area contributed by atoms with Crippen LogP contribution in [-0.4, -0.2) is 21.0 Å². The summed E-state index contributed by atoms with van der Waals surface area (Å²) in [6.45, 7) is 1.87. The topological polar surface area (TPSA) is 72.2 Å². The van der Waals surface area contributed by atoms with Crippen LogP contribution in [0, 0.1) is 0 Å². The molecule has 0 spiro atoms. The van der Waals surface area contributed by atoms with Crippen LogP contribution in [0.25, 0.3) is 0 Å². The van der Waals surface area contributed by atoms with Gasteiger partial charge in [-0.25, -0.2) is 13.1 Å². The highest BCUT2D eigenvalue weighted by Gasteiger charge is 2.20. The van der Waals surface area contributed by atoms with Crippen molar-refractivity contribution in [3.63, 3.8) is 0 Å². The first-order valence-electron chi connectivity index (χ1n) is 4.54. The van der Waals surface area contributed by atoms with Crippen LogP contribution in [0.1, 0.15) is 6.92 Å². The summed E-state index contributed by atoms with van der Waals surface area (Å²) in [5, 5.41) is 0.436. The fourth-order valence-corrected chi connectivity index (χ4v) is 3.08. The van der Waals surface area contributed by atoms with E-state index in [0.717, 1.165) is 0 Å². The molecule has 0 fully saturated rings. The lowest BCUT2D eigenvalue weighted by Gasteiger charge is -2.13. The minimum atomic E-state index is -3.67. The molecule has 17 heavy (non-hydrogen) atoms. The SMILES string of the molecule is C[C@H](CN)NS(=O)(=O)c1cc(Cl)ccc1Cl.Cl. The first-order valence-corrected chi connectivity index (χ1v) is 6.78. The van der Waals surface area contributed by atoms with Crippen molar-refractivity contribution in [1.29, 1.82) is 0 Å². The zero-order valence-electron chi connectivity index (χ0n) is 8.98. The zero-order chi connectivity index (χ0) is 12.3. The molecule has 0 aliphatic heterocycles. The molecule has 1 atom stereocenters. The first kappa shape index (κ1) is 17.0. The maximum absolute atomic E-state index is 11.9. The van der Waals surface area contributed by atoms with Gasteiger partial charge in [0.25, 0.3) is 0 Å². The Morgan fingerprint density at radius 3 is 2.53 bits per heavy atom. The summed E-state index contributed by atoms with van der Waals surface area (Å²) in [6.07, 6.45) is 0. The summed E-state index contributed by atoms with van der Waals surface area (Å²) in [5.41, 5.74) is 5.34. The average molecular weight is 320 g/mol. The molecule has 3 N–H and O–H groups in total. The van der Waals surface area contributed by atoms with Crippen molar-refractivity contribution in [3.05, 3.63) is 28.2 Å². The third-order valence-electron chi connectivity index (χ3n) is 1.89. The third-order valence-corrected chi connectivity index (χ3v) is 4.20. The second kappa shape index (κ2) is 6.78. The number of halogens is 3. The summed E-state index contributed by atoms with van der Waals surface area (Å²) in [4.78, 5) is -0.0398. The Labute approximate surface area is 117 Å². The molecule has 0 radical (unpaired) electrons. The molecule has 0 bridgehead atoms. The van der Waals surface area contributed by atoms with E-state index in [9.17, 15) is 8.42 Å². The first-order chi connectivity index (χ1) is 7.36. The van der Waals surface area contributed by atoms with Gasteiger partial charge in [0.15, 0.2) is 0 Å². The largest absolute Gasteiger partial charge is 0.329 e. The van der Waals surface area contributed by atoms with Crippen LogP contribution in [-0.2, 0) is 10.0 Å². The zero-order valence-corrected chi connectivity index (χ0v) is 12.1. The van der Waals surface area contributed by atoms with E-state index in [2.05, 4.69) is 4.72 Å². The quantitative estimate of drug-likeness (QED) is 0.892. The van der Waals surface area contributed by atoms with Crippen LogP contribution in [0.4, 0.5) is 0 Å². The molecule has 0 heterocycles. The highest BCUT2D eigenvalue weighted by Crippen LogP contribution is 2.24. The number of nitrogens with one attached hydrogen (secondary N) is 1. The molecule has 8 heteroatoms. The number of hydrogen-bond donors (Lipinski definition) is 2. The van der Waals surface area contributed by atoms with Gasteiger partial charge < -0.3 is 5.73 Å². The molecule has 0 unspecified atom stereocenters. The average Bonchev–Trinajstić information content (AvgIpc) is 2.20. The fraction of sp³-hybridized carbons (Fsp3) is 0.333. The van der Waals surface area contributed by atoms with Crippen molar-refractivity contribution in [3.8, 4) is 0 Å². The van der Waals surface area contributed by atoms with E-state index in [1.807, 2.05) is 0 Å². The lowest BCUT2D eigenvalue weighted by Crippen LogP contribution is -2.37. The van der Waals surface area contributed by atoms with E-state index < -0.39 is 10.0 Å². The molecule has 0 aliphatic rings. The molecule has 4 nitrogen and oxygen atoms in total. The van der Waals surface area contributed by atoms with Gasteiger partial charge in [-0.1, -0.05) is 23.2 Å². The minimum Gasteiger partial charge on any atom is -0.329 e. The van der Waals surface area contributed by atoms with Crippen molar-refractivity contribution in [2.75, 3.05) is 6.54 Å².